The van der Waals surface area contributed by atoms with Crippen molar-refractivity contribution in [1.29, 1.82) is 0 Å². The molecule has 2 aromatic rings. The lowest BCUT2D eigenvalue weighted by Gasteiger charge is -2.04. The Kier molecular flexibility index (Phi) is 6.56. The van der Waals surface area contributed by atoms with Crippen molar-refractivity contribution < 1.29 is 19.4 Å². The molecule has 1 aliphatic rings. The second-order valence-corrected chi connectivity index (χ2v) is 7.61. The number of aliphatic hydroxyl groups is 1. The van der Waals surface area contributed by atoms with Gasteiger partial charge in [-0.05, 0) is 49.2 Å². The predicted octanol–water partition coefficient (Wildman–Crippen LogP) is 5.35. The molecule has 1 amide bonds. The topological polar surface area (TPSA) is 76.0 Å². The van der Waals surface area contributed by atoms with Gasteiger partial charge >= 0.3 is 5.97 Å². The van der Waals surface area contributed by atoms with Crippen LogP contribution in [0, 0.1) is 6.92 Å². The summed E-state index contributed by atoms with van der Waals surface area (Å²) in [5.41, 5.74) is 1.86. The first-order valence-corrected chi connectivity index (χ1v) is 10.0. The lowest BCUT2D eigenvalue weighted by molar-refractivity contribution is -0.138. The van der Waals surface area contributed by atoms with E-state index in [4.69, 9.17) is 16.3 Å². The summed E-state index contributed by atoms with van der Waals surface area (Å²) in [6.45, 7) is 3.60. The Morgan fingerprint density at radius 3 is 2.52 bits per heavy atom. The van der Waals surface area contributed by atoms with E-state index in [-0.39, 0.29) is 23.0 Å². The molecule has 5 nitrogen and oxygen atoms in total. The van der Waals surface area contributed by atoms with Crippen LogP contribution in [-0.4, -0.2) is 28.6 Å². The third kappa shape index (κ3) is 4.78. The molecule has 0 atom stereocenters. The van der Waals surface area contributed by atoms with Gasteiger partial charge in [0.05, 0.1) is 11.5 Å². The Hall–Kier alpha value is -2.83. The van der Waals surface area contributed by atoms with Crippen molar-refractivity contribution in [2.75, 3.05) is 6.61 Å². The second kappa shape index (κ2) is 9.11. The monoisotopic (exact) mass is 427 g/mol. The number of hydrogen-bond donors (Lipinski definition) is 1. The van der Waals surface area contributed by atoms with Crippen LogP contribution in [0.5, 0.6) is 0 Å². The van der Waals surface area contributed by atoms with Crippen LogP contribution in [0.3, 0.4) is 0 Å². The van der Waals surface area contributed by atoms with Crippen molar-refractivity contribution in [2.45, 2.75) is 13.8 Å². The van der Waals surface area contributed by atoms with Gasteiger partial charge in [0.15, 0.2) is 0 Å². The second-order valence-electron chi connectivity index (χ2n) is 6.14. The number of aliphatic hydroxyl groups excluding tert-OH is 1. The van der Waals surface area contributed by atoms with Gasteiger partial charge in [0.2, 0.25) is 0 Å². The summed E-state index contributed by atoms with van der Waals surface area (Å²) >= 11 is 6.95. The SMILES string of the molecule is CCOC(=O)C1=C(O)/C(=C/c2ccc(Cl)cc2)SC1=NC(=O)c1ccccc1C. The molecule has 0 aromatic heterocycles. The summed E-state index contributed by atoms with van der Waals surface area (Å²) in [4.78, 5) is 29.6. The number of carbonyl (C=O) groups excluding carboxylic acids is 2. The zero-order chi connectivity index (χ0) is 21.0. The van der Waals surface area contributed by atoms with Gasteiger partial charge in [0.25, 0.3) is 5.91 Å². The number of esters is 1. The van der Waals surface area contributed by atoms with E-state index >= 15 is 0 Å². The van der Waals surface area contributed by atoms with Gasteiger partial charge in [-0.1, -0.05) is 53.7 Å². The third-order valence-corrected chi connectivity index (χ3v) is 5.39. The number of carbonyl (C=O) groups is 2. The summed E-state index contributed by atoms with van der Waals surface area (Å²) in [5, 5.41) is 11.3. The van der Waals surface area contributed by atoms with E-state index in [0.29, 0.717) is 15.5 Å². The van der Waals surface area contributed by atoms with Gasteiger partial charge in [-0.15, -0.1) is 0 Å². The number of halogens is 1. The van der Waals surface area contributed by atoms with Gasteiger partial charge in [0.1, 0.15) is 16.4 Å². The van der Waals surface area contributed by atoms with Crippen LogP contribution in [0.25, 0.3) is 6.08 Å². The number of hydrogen-bond acceptors (Lipinski definition) is 5. The fraction of sp³-hybridized carbons (Fsp3) is 0.136. The van der Waals surface area contributed by atoms with Crippen LogP contribution in [0.15, 0.2) is 69.8 Å². The molecule has 148 valence electrons. The van der Waals surface area contributed by atoms with E-state index in [9.17, 15) is 14.7 Å². The van der Waals surface area contributed by atoms with E-state index in [2.05, 4.69) is 4.99 Å². The van der Waals surface area contributed by atoms with Crippen LogP contribution in [0.2, 0.25) is 5.02 Å². The maximum absolute atomic E-state index is 12.7. The van der Waals surface area contributed by atoms with Crippen LogP contribution in [0.4, 0.5) is 0 Å². The highest BCUT2D eigenvalue weighted by atomic mass is 35.5. The number of rotatable bonds is 4. The highest BCUT2D eigenvalue weighted by Crippen LogP contribution is 2.39. The number of benzene rings is 2. The predicted molar refractivity (Wildman–Crippen MR) is 116 cm³/mol. The molecule has 2 aromatic carbocycles. The molecule has 1 heterocycles. The van der Waals surface area contributed by atoms with Crippen molar-refractivity contribution in [1.82, 2.24) is 0 Å². The van der Waals surface area contributed by atoms with Crippen molar-refractivity contribution in [3.8, 4) is 0 Å². The normalized spacial score (nSPS) is 16.5. The molecule has 3 rings (SSSR count). The van der Waals surface area contributed by atoms with Crippen LogP contribution in [-0.2, 0) is 9.53 Å². The lowest BCUT2D eigenvalue weighted by Crippen LogP contribution is -2.14. The number of ether oxygens (including phenoxy) is 1. The van der Waals surface area contributed by atoms with Crippen molar-refractivity contribution in [3.05, 3.63) is 86.5 Å². The zero-order valence-corrected chi connectivity index (χ0v) is 17.4. The summed E-state index contributed by atoms with van der Waals surface area (Å²) in [7, 11) is 0. The van der Waals surface area contributed by atoms with Gasteiger partial charge < -0.3 is 9.84 Å². The Balaban J connectivity index is 2.02. The van der Waals surface area contributed by atoms with Crippen molar-refractivity contribution in [2.24, 2.45) is 4.99 Å². The number of aliphatic imine (C=N–C) groups is 1. The van der Waals surface area contributed by atoms with Crippen LogP contribution >= 0.6 is 23.4 Å². The van der Waals surface area contributed by atoms with E-state index in [1.807, 2.05) is 6.07 Å². The molecule has 0 saturated carbocycles. The third-order valence-electron chi connectivity index (χ3n) is 4.12. The summed E-state index contributed by atoms with van der Waals surface area (Å²) in [5.74, 6) is -1.49. The molecule has 1 N–H and O–H groups in total. The molecule has 1 aliphatic heterocycles. The lowest BCUT2D eigenvalue weighted by atomic mass is 10.1. The molecule has 0 fully saturated rings. The number of amides is 1. The number of nitrogens with zero attached hydrogens (tertiary/aromatic N) is 1. The van der Waals surface area contributed by atoms with Gasteiger partial charge in [-0.2, -0.15) is 0 Å². The van der Waals surface area contributed by atoms with Crippen molar-refractivity contribution >= 4 is 46.4 Å². The Morgan fingerprint density at radius 1 is 1.17 bits per heavy atom. The number of thioether (sulfide) groups is 1. The molecule has 0 aliphatic carbocycles. The first kappa shape index (κ1) is 20.9. The molecular formula is C22H18ClNO4S. The zero-order valence-electron chi connectivity index (χ0n) is 15.8. The largest absolute Gasteiger partial charge is 0.506 e. The average Bonchev–Trinajstić information content (AvgIpc) is 2.99. The van der Waals surface area contributed by atoms with Crippen LogP contribution in [0.1, 0.15) is 28.4 Å². The fourth-order valence-corrected chi connectivity index (χ4v) is 3.81. The molecule has 0 radical (unpaired) electrons. The Labute approximate surface area is 177 Å². The van der Waals surface area contributed by atoms with Crippen molar-refractivity contribution in [3.63, 3.8) is 0 Å². The van der Waals surface area contributed by atoms with E-state index in [0.717, 1.165) is 22.9 Å². The molecule has 29 heavy (non-hydrogen) atoms. The van der Waals surface area contributed by atoms with Gasteiger partial charge in [-0.3, -0.25) is 4.79 Å². The Morgan fingerprint density at radius 2 is 1.86 bits per heavy atom. The minimum atomic E-state index is -0.728. The van der Waals surface area contributed by atoms with E-state index in [1.54, 1.807) is 62.4 Å². The first-order chi connectivity index (χ1) is 13.9. The molecule has 7 heteroatoms. The first-order valence-electron chi connectivity index (χ1n) is 8.85. The maximum atomic E-state index is 12.7. The molecular weight excluding hydrogens is 410 g/mol. The van der Waals surface area contributed by atoms with Crippen LogP contribution < -0.4 is 0 Å². The van der Waals surface area contributed by atoms with E-state index < -0.39 is 11.9 Å². The molecule has 0 spiro atoms. The molecule has 0 unspecified atom stereocenters. The summed E-state index contributed by atoms with van der Waals surface area (Å²) in [6.07, 6.45) is 1.69. The summed E-state index contributed by atoms with van der Waals surface area (Å²) < 4.78 is 5.04. The average molecular weight is 428 g/mol. The highest BCUT2D eigenvalue weighted by Gasteiger charge is 2.34. The standard InChI is InChI=1S/C22H18ClNO4S/c1-3-28-22(27)18-19(25)17(12-14-8-10-15(23)11-9-14)29-21(18)24-20(26)16-7-5-4-6-13(16)2/h4-12,25H,3H2,1-2H3/b17-12-,24-21?. The Bertz CT molecular complexity index is 1050. The van der Waals surface area contributed by atoms with Gasteiger partial charge in [-0.25, -0.2) is 9.79 Å². The van der Waals surface area contributed by atoms with E-state index in [1.165, 1.54) is 0 Å². The number of aryl methyl sites for hydroxylation is 1. The summed E-state index contributed by atoms with van der Waals surface area (Å²) in [6, 6.07) is 14.0. The minimum Gasteiger partial charge on any atom is -0.506 e. The fourth-order valence-electron chi connectivity index (χ4n) is 2.67. The smallest absolute Gasteiger partial charge is 0.344 e. The highest BCUT2D eigenvalue weighted by molar-refractivity contribution is 8.18. The maximum Gasteiger partial charge on any atom is 0.344 e. The van der Waals surface area contributed by atoms with Gasteiger partial charge in [0, 0.05) is 10.6 Å². The quantitative estimate of drug-likeness (QED) is 0.665. The minimum absolute atomic E-state index is 0.106. The molecule has 0 bridgehead atoms. The molecule has 0 saturated heterocycles.